The molecule has 0 saturated carbocycles. The Morgan fingerprint density at radius 2 is 1.76 bits per heavy atom. The minimum absolute atomic E-state index is 0.0961. The van der Waals surface area contributed by atoms with Crippen LogP contribution in [0.3, 0.4) is 0 Å². The average molecular weight is 473 g/mol. The first kappa shape index (κ1) is 23.0. The van der Waals surface area contributed by atoms with E-state index in [0.717, 1.165) is 29.4 Å². The summed E-state index contributed by atoms with van der Waals surface area (Å²) in [6, 6.07) is 11.5. The highest BCUT2D eigenvalue weighted by atomic mass is 32.2. The van der Waals surface area contributed by atoms with Gasteiger partial charge in [-0.25, -0.2) is 22.4 Å². The number of hydrogen-bond acceptors (Lipinski definition) is 5. The summed E-state index contributed by atoms with van der Waals surface area (Å²) in [4.78, 5) is 27.7. The molecule has 2 aliphatic rings. The summed E-state index contributed by atoms with van der Waals surface area (Å²) >= 11 is 0. The molecule has 1 fully saturated rings. The summed E-state index contributed by atoms with van der Waals surface area (Å²) in [5.41, 5.74) is 2.71. The van der Waals surface area contributed by atoms with Crippen molar-refractivity contribution in [1.29, 1.82) is 0 Å². The summed E-state index contributed by atoms with van der Waals surface area (Å²) < 4.78 is 41.8. The highest BCUT2D eigenvalue weighted by molar-refractivity contribution is 7.90. The second-order valence-electron chi connectivity index (χ2n) is 8.32. The fourth-order valence-electron chi connectivity index (χ4n) is 4.64. The van der Waals surface area contributed by atoms with Crippen molar-refractivity contribution in [1.82, 2.24) is 10.2 Å². The van der Waals surface area contributed by atoms with Gasteiger partial charge in [0.2, 0.25) is 0 Å². The average Bonchev–Trinajstić information content (AvgIpc) is 3.11. The van der Waals surface area contributed by atoms with Gasteiger partial charge < -0.3 is 15.0 Å². The van der Waals surface area contributed by atoms with E-state index in [1.54, 1.807) is 29.2 Å². The molecule has 2 amide bonds. The van der Waals surface area contributed by atoms with E-state index in [9.17, 15) is 22.4 Å². The molecule has 2 bridgehead atoms. The van der Waals surface area contributed by atoms with E-state index in [4.69, 9.17) is 4.74 Å². The van der Waals surface area contributed by atoms with Crippen molar-refractivity contribution in [2.24, 2.45) is 0 Å². The van der Waals surface area contributed by atoms with Crippen LogP contribution in [0.5, 0.6) is 0 Å². The lowest BCUT2D eigenvalue weighted by atomic mass is 9.88. The van der Waals surface area contributed by atoms with Crippen LogP contribution in [0, 0.1) is 5.82 Å². The van der Waals surface area contributed by atoms with E-state index < -0.39 is 21.8 Å². The van der Waals surface area contributed by atoms with Crippen LogP contribution in [0.1, 0.15) is 30.4 Å². The van der Waals surface area contributed by atoms with Crippen LogP contribution < -0.4 is 5.32 Å². The monoisotopic (exact) mass is 472 g/mol. The van der Waals surface area contributed by atoms with Crippen molar-refractivity contribution in [3.8, 4) is 0 Å². The van der Waals surface area contributed by atoms with Crippen LogP contribution >= 0.6 is 0 Å². The van der Waals surface area contributed by atoms with Crippen molar-refractivity contribution in [2.45, 2.75) is 42.8 Å². The summed E-state index contributed by atoms with van der Waals surface area (Å²) in [6.07, 6.45) is 2.97. The number of esters is 1. The van der Waals surface area contributed by atoms with E-state index in [1.165, 1.54) is 31.4 Å². The molecule has 174 valence electrons. The van der Waals surface area contributed by atoms with Gasteiger partial charge in [-0.1, -0.05) is 24.3 Å². The number of fused-ring (bicyclic) bond motifs is 2. The molecule has 0 unspecified atom stereocenters. The number of hydrogen-bond donors (Lipinski definition) is 1. The third-order valence-electron chi connectivity index (χ3n) is 6.23. The summed E-state index contributed by atoms with van der Waals surface area (Å²) in [7, 11) is -2.03. The highest BCUT2D eigenvalue weighted by Gasteiger charge is 2.46. The van der Waals surface area contributed by atoms with Crippen molar-refractivity contribution in [3.63, 3.8) is 0 Å². The van der Waals surface area contributed by atoms with E-state index in [0.29, 0.717) is 18.4 Å². The second kappa shape index (κ2) is 8.97. The molecule has 1 saturated heterocycles. The predicted molar refractivity (Wildman–Crippen MR) is 120 cm³/mol. The number of halogens is 1. The molecule has 2 aromatic carbocycles. The smallest absolute Gasteiger partial charge is 0.336 e. The third kappa shape index (κ3) is 4.64. The lowest BCUT2D eigenvalue weighted by Crippen LogP contribution is -2.50. The lowest BCUT2D eigenvalue weighted by molar-refractivity contribution is -0.136. The minimum Gasteiger partial charge on any atom is -0.466 e. The number of nitrogens with zero attached hydrogens (tertiary/aromatic N) is 1. The van der Waals surface area contributed by atoms with Gasteiger partial charge in [0.05, 0.1) is 23.6 Å². The molecule has 7 nitrogen and oxygen atoms in total. The maximum absolute atomic E-state index is 13.1. The maximum Gasteiger partial charge on any atom is 0.336 e. The van der Waals surface area contributed by atoms with Gasteiger partial charge in [-0.05, 0) is 60.2 Å². The Morgan fingerprint density at radius 3 is 2.36 bits per heavy atom. The Labute approximate surface area is 192 Å². The molecule has 33 heavy (non-hydrogen) atoms. The van der Waals surface area contributed by atoms with Crippen molar-refractivity contribution >= 4 is 27.4 Å². The van der Waals surface area contributed by atoms with Gasteiger partial charge in [0.15, 0.2) is 9.84 Å². The Hall–Kier alpha value is -3.20. The first-order valence-electron chi connectivity index (χ1n) is 10.6. The maximum atomic E-state index is 13.1. The van der Waals surface area contributed by atoms with Crippen LogP contribution in [0.2, 0.25) is 0 Å². The number of carbonyl (C=O) groups is 2. The SMILES string of the molecule is COC(=O)C1=C(c2ccc(S(C)(=O)=O)cc2)C[C@@H]2CC[C@H]1N2C(=O)NCc1ccc(F)cc1. The molecule has 1 N–H and O–H groups in total. The van der Waals surface area contributed by atoms with Gasteiger partial charge in [0.1, 0.15) is 5.82 Å². The van der Waals surface area contributed by atoms with Crippen molar-refractivity contribution < 1.29 is 27.1 Å². The largest absolute Gasteiger partial charge is 0.466 e. The van der Waals surface area contributed by atoms with E-state index in [-0.39, 0.29) is 29.3 Å². The molecule has 9 heteroatoms. The summed E-state index contributed by atoms with van der Waals surface area (Å²) in [5, 5.41) is 2.87. The van der Waals surface area contributed by atoms with Crippen molar-refractivity contribution in [3.05, 3.63) is 71.0 Å². The summed E-state index contributed by atoms with van der Waals surface area (Å²) in [6.45, 7) is 0.242. The van der Waals surface area contributed by atoms with Crippen molar-refractivity contribution in [2.75, 3.05) is 13.4 Å². The van der Waals surface area contributed by atoms with Gasteiger partial charge in [-0.3, -0.25) is 0 Å². The van der Waals surface area contributed by atoms with E-state index >= 15 is 0 Å². The summed E-state index contributed by atoms with van der Waals surface area (Å²) in [5.74, 6) is -0.844. The van der Waals surface area contributed by atoms with Crippen LogP contribution in [-0.2, 0) is 25.9 Å². The quantitative estimate of drug-likeness (QED) is 0.674. The number of carbonyl (C=O) groups excluding carboxylic acids is 2. The van der Waals surface area contributed by atoms with Gasteiger partial charge >= 0.3 is 12.0 Å². The number of urea groups is 1. The molecule has 2 heterocycles. The number of sulfone groups is 1. The zero-order valence-electron chi connectivity index (χ0n) is 18.4. The Morgan fingerprint density at radius 1 is 1.09 bits per heavy atom. The first-order chi connectivity index (χ1) is 15.7. The molecule has 0 aromatic heterocycles. The fourth-order valence-corrected chi connectivity index (χ4v) is 5.27. The van der Waals surface area contributed by atoms with Gasteiger partial charge in [-0.2, -0.15) is 0 Å². The molecular weight excluding hydrogens is 447 g/mol. The number of nitrogens with one attached hydrogen (secondary N) is 1. The van der Waals surface area contributed by atoms with Crippen LogP contribution in [0.15, 0.2) is 59.0 Å². The molecule has 0 spiro atoms. The standard InChI is InChI=1S/C24H25FN2O5S/c1-32-23(28)22-20(16-5-10-19(11-6-16)33(2,30)31)13-18-9-12-21(22)27(18)24(29)26-14-15-3-7-17(25)8-4-15/h3-8,10-11,18,21H,9,12-14H2,1-2H3,(H,26,29)/t18-,21+/m0/s1. The molecule has 2 atom stereocenters. The number of methoxy groups -OCH3 is 1. The van der Waals surface area contributed by atoms with Gasteiger partial charge in [0, 0.05) is 18.8 Å². The van der Waals surface area contributed by atoms with Gasteiger partial charge in [-0.15, -0.1) is 0 Å². The second-order valence-corrected chi connectivity index (χ2v) is 10.3. The van der Waals surface area contributed by atoms with E-state index in [2.05, 4.69) is 5.32 Å². The van der Waals surface area contributed by atoms with E-state index in [1.807, 2.05) is 0 Å². The number of rotatable bonds is 5. The zero-order valence-corrected chi connectivity index (χ0v) is 19.2. The first-order valence-corrected chi connectivity index (χ1v) is 12.5. The van der Waals surface area contributed by atoms with Crippen LogP contribution in [0.25, 0.3) is 5.57 Å². The highest BCUT2D eigenvalue weighted by Crippen LogP contribution is 2.43. The molecule has 0 radical (unpaired) electrons. The molecule has 0 aliphatic carbocycles. The normalized spacial score (nSPS) is 20.0. The van der Waals surface area contributed by atoms with Crippen LogP contribution in [0.4, 0.5) is 9.18 Å². The molecule has 2 aromatic rings. The lowest BCUT2D eigenvalue weighted by Gasteiger charge is -2.37. The fraction of sp³-hybridized carbons (Fsp3) is 0.333. The third-order valence-corrected chi connectivity index (χ3v) is 7.36. The number of ether oxygens (including phenoxy) is 1. The zero-order chi connectivity index (χ0) is 23.8. The van der Waals surface area contributed by atoms with Gasteiger partial charge in [0.25, 0.3) is 0 Å². The topological polar surface area (TPSA) is 92.8 Å². The number of benzene rings is 2. The Kier molecular flexibility index (Phi) is 6.25. The van der Waals surface area contributed by atoms with Crippen LogP contribution in [-0.4, -0.2) is 50.8 Å². The minimum atomic E-state index is -3.34. The Bertz CT molecular complexity index is 1210. The number of amides is 2. The molecule has 4 rings (SSSR count). The Balaban J connectivity index is 1.61. The molecule has 2 aliphatic heterocycles. The predicted octanol–water partition coefficient (Wildman–Crippen LogP) is 3.30. The molecular formula is C24H25FN2O5S.